The Kier molecular flexibility index (Phi) is 4.47. The van der Waals surface area contributed by atoms with Crippen LogP contribution in [0.4, 0.5) is 13.2 Å². The first-order valence-corrected chi connectivity index (χ1v) is 6.42. The molecule has 0 saturated carbocycles. The fraction of sp³-hybridized carbons (Fsp3) is 0.571. The van der Waals surface area contributed by atoms with Crippen LogP contribution in [0.2, 0.25) is 0 Å². The van der Waals surface area contributed by atoms with Crippen LogP contribution in [0, 0.1) is 5.92 Å². The van der Waals surface area contributed by atoms with Gasteiger partial charge in [-0.2, -0.15) is 13.2 Å². The van der Waals surface area contributed by atoms with Crippen LogP contribution in [0.15, 0.2) is 24.3 Å². The zero-order chi connectivity index (χ0) is 13.9. The minimum absolute atomic E-state index is 0.149. The number of alkyl halides is 3. The molecule has 2 rings (SSSR count). The van der Waals surface area contributed by atoms with E-state index >= 15 is 0 Å². The Bertz CT molecular complexity index is 413. The molecule has 0 aromatic heterocycles. The molecule has 1 N–H and O–H groups in total. The van der Waals surface area contributed by atoms with E-state index in [1.807, 2.05) is 0 Å². The second kappa shape index (κ2) is 5.92. The topological polar surface area (TPSA) is 21.3 Å². The average Bonchev–Trinajstić information content (AvgIpc) is 2.88. The normalized spacial score (nSPS) is 21.6. The monoisotopic (exact) mass is 273 g/mol. The highest BCUT2D eigenvalue weighted by Crippen LogP contribution is 2.39. The van der Waals surface area contributed by atoms with Gasteiger partial charge in [0.05, 0.1) is 12.2 Å². The third-order valence-corrected chi connectivity index (χ3v) is 3.62. The van der Waals surface area contributed by atoms with Crippen molar-refractivity contribution in [2.45, 2.75) is 18.5 Å². The van der Waals surface area contributed by atoms with Crippen molar-refractivity contribution in [2.24, 2.45) is 5.92 Å². The van der Waals surface area contributed by atoms with Crippen LogP contribution in [0.25, 0.3) is 0 Å². The molecule has 1 fully saturated rings. The molecular weight excluding hydrogens is 255 g/mol. The highest BCUT2D eigenvalue weighted by atomic mass is 19.4. The molecule has 2 unspecified atom stereocenters. The molecule has 1 aliphatic rings. The predicted molar refractivity (Wildman–Crippen MR) is 67.0 cm³/mol. The summed E-state index contributed by atoms with van der Waals surface area (Å²) in [6, 6.07) is 5.86. The van der Waals surface area contributed by atoms with Gasteiger partial charge in [0.1, 0.15) is 0 Å². The van der Waals surface area contributed by atoms with Gasteiger partial charge in [-0.3, -0.25) is 0 Å². The summed E-state index contributed by atoms with van der Waals surface area (Å²) in [5.74, 6) is -0.0127. The van der Waals surface area contributed by atoms with Crippen molar-refractivity contribution in [3.05, 3.63) is 35.4 Å². The van der Waals surface area contributed by atoms with E-state index in [0.717, 1.165) is 12.5 Å². The number of hydrogen-bond donors (Lipinski definition) is 1. The summed E-state index contributed by atoms with van der Waals surface area (Å²) in [5, 5.41) is 3.00. The van der Waals surface area contributed by atoms with Gasteiger partial charge < -0.3 is 10.1 Å². The van der Waals surface area contributed by atoms with Gasteiger partial charge in [-0.1, -0.05) is 18.2 Å². The fourth-order valence-electron chi connectivity index (χ4n) is 2.70. The highest BCUT2D eigenvalue weighted by Gasteiger charge is 2.37. The van der Waals surface area contributed by atoms with Gasteiger partial charge in [0, 0.05) is 19.1 Å². The van der Waals surface area contributed by atoms with E-state index in [-0.39, 0.29) is 11.8 Å². The first kappa shape index (κ1) is 14.3. The second-order valence-corrected chi connectivity index (χ2v) is 4.87. The van der Waals surface area contributed by atoms with Crippen molar-refractivity contribution >= 4 is 0 Å². The van der Waals surface area contributed by atoms with Gasteiger partial charge in [-0.15, -0.1) is 0 Å². The molecule has 1 saturated heterocycles. The number of ether oxygens (including phenoxy) is 1. The third kappa shape index (κ3) is 3.28. The largest absolute Gasteiger partial charge is 0.416 e. The molecule has 0 amide bonds. The fourth-order valence-corrected chi connectivity index (χ4v) is 2.70. The van der Waals surface area contributed by atoms with Gasteiger partial charge in [0.25, 0.3) is 0 Å². The number of rotatable bonds is 4. The minimum Gasteiger partial charge on any atom is -0.381 e. The summed E-state index contributed by atoms with van der Waals surface area (Å²) in [5.41, 5.74) is -0.151. The molecule has 1 heterocycles. The Hall–Kier alpha value is -1.07. The molecule has 2 atom stereocenters. The zero-order valence-electron chi connectivity index (χ0n) is 10.8. The van der Waals surface area contributed by atoms with Crippen molar-refractivity contribution in [3.63, 3.8) is 0 Å². The average molecular weight is 273 g/mol. The van der Waals surface area contributed by atoms with E-state index < -0.39 is 11.7 Å². The van der Waals surface area contributed by atoms with E-state index in [4.69, 9.17) is 4.74 Å². The standard InChI is InChI=1S/C14H18F3NO/c1-18-8-12(10-6-7-19-9-10)11-4-2-3-5-13(11)14(15,16)17/h2-5,10,12,18H,6-9H2,1H3. The first-order chi connectivity index (χ1) is 9.04. The maximum Gasteiger partial charge on any atom is 0.416 e. The van der Waals surface area contributed by atoms with Crippen LogP contribution >= 0.6 is 0 Å². The maximum absolute atomic E-state index is 13.1. The van der Waals surface area contributed by atoms with Crippen LogP contribution in [-0.4, -0.2) is 26.8 Å². The summed E-state index contributed by atoms with van der Waals surface area (Å²) in [6.45, 7) is 1.71. The molecule has 0 spiro atoms. The van der Waals surface area contributed by atoms with Crippen molar-refractivity contribution in [1.29, 1.82) is 0 Å². The molecule has 5 heteroatoms. The van der Waals surface area contributed by atoms with Crippen molar-refractivity contribution in [2.75, 3.05) is 26.8 Å². The Labute approximate surface area is 111 Å². The molecule has 1 aromatic rings. The van der Waals surface area contributed by atoms with Crippen molar-refractivity contribution in [3.8, 4) is 0 Å². The first-order valence-electron chi connectivity index (χ1n) is 6.42. The van der Waals surface area contributed by atoms with Crippen molar-refractivity contribution < 1.29 is 17.9 Å². The third-order valence-electron chi connectivity index (χ3n) is 3.62. The summed E-state index contributed by atoms with van der Waals surface area (Å²) < 4.78 is 44.6. The van der Waals surface area contributed by atoms with E-state index in [1.54, 1.807) is 19.2 Å². The van der Waals surface area contributed by atoms with Gasteiger partial charge in [-0.05, 0) is 31.0 Å². The highest BCUT2D eigenvalue weighted by molar-refractivity contribution is 5.33. The van der Waals surface area contributed by atoms with Crippen LogP contribution in [0.3, 0.4) is 0 Å². The lowest BCUT2D eigenvalue weighted by molar-refractivity contribution is -0.138. The SMILES string of the molecule is CNCC(c1ccccc1C(F)(F)F)C1CCOC1. The number of halogens is 3. The maximum atomic E-state index is 13.1. The van der Waals surface area contributed by atoms with E-state index in [2.05, 4.69) is 5.32 Å². The summed E-state index contributed by atoms with van der Waals surface area (Å²) in [4.78, 5) is 0. The lowest BCUT2D eigenvalue weighted by Gasteiger charge is -2.25. The van der Waals surface area contributed by atoms with Crippen LogP contribution in [0.1, 0.15) is 23.5 Å². The van der Waals surface area contributed by atoms with Crippen LogP contribution in [-0.2, 0) is 10.9 Å². The van der Waals surface area contributed by atoms with Gasteiger partial charge in [0.15, 0.2) is 0 Å². The van der Waals surface area contributed by atoms with Crippen molar-refractivity contribution in [1.82, 2.24) is 5.32 Å². The molecule has 2 nitrogen and oxygen atoms in total. The van der Waals surface area contributed by atoms with Gasteiger partial charge in [0.2, 0.25) is 0 Å². The van der Waals surface area contributed by atoms with Gasteiger partial charge >= 0.3 is 6.18 Å². The van der Waals surface area contributed by atoms with E-state index in [9.17, 15) is 13.2 Å². The Morgan fingerprint density at radius 3 is 2.68 bits per heavy atom. The van der Waals surface area contributed by atoms with Crippen LogP contribution < -0.4 is 5.32 Å². The van der Waals surface area contributed by atoms with Gasteiger partial charge in [-0.25, -0.2) is 0 Å². The molecule has 0 aliphatic carbocycles. The van der Waals surface area contributed by atoms with E-state index in [0.29, 0.717) is 25.3 Å². The number of nitrogens with one attached hydrogen (secondary N) is 1. The molecule has 1 aromatic carbocycles. The lowest BCUT2D eigenvalue weighted by Crippen LogP contribution is -2.27. The Morgan fingerprint density at radius 1 is 1.37 bits per heavy atom. The predicted octanol–water partition coefficient (Wildman–Crippen LogP) is 3.04. The lowest BCUT2D eigenvalue weighted by atomic mass is 9.83. The Morgan fingerprint density at radius 2 is 2.11 bits per heavy atom. The quantitative estimate of drug-likeness (QED) is 0.910. The number of likely N-dealkylation sites (N-methyl/N-ethyl adjacent to an activating group) is 1. The summed E-state index contributed by atoms with van der Waals surface area (Å²) in [6.07, 6.45) is -3.49. The molecule has 19 heavy (non-hydrogen) atoms. The molecule has 1 aliphatic heterocycles. The molecule has 106 valence electrons. The summed E-state index contributed by atoms with van der Waals surface area (Å²) >= 11 is 0. The van der Waals surface area contributed by atoms with Crippen LogP contribution in [0.5, 0.6) is 0 Å². The number of hydrogen-bond acceptors (Lipinski definition) is 2. The molecule has 0 radical (unpaired) electrons. The molecule has 0 bridgehead atoms. The summed E-state index contributed by atoms with van der Waals surface area (Å²) in [7, 11) is 1.76. The zero-order valence-corrected chi connectivity index (χ0v) is 10.8. The minimum atomic E-state index is -4.30. The second-order valence-electron chi connectivity index (χ2n) is 4.87. The molecular formula is C14H18F3NO. The number of benzene rings is 1. The van der Waals surface area contributed by atoms with E-state index in [1.165, 1.54) is 6.07 Å². The Balaban J connectivity index is 2.35. The smallest absolute Gasteiger partial charge is 0.381 e.